The lowest BCUT2D eigenvalue weighted by Gasteiger charge is -2.08. The zero-order valence-corrected chi connectivity index (χ0v) is 9.78. The van der Waals surface area contributed by atoms with Crippen molar-refractivity contribution in [3.8, 4) is 11.6 Å². The van der Waals surface area contributed by atoms with Gasteiger partial charge in [-0.3, -0.25) is 9.78 Å². The van der Waals surface area contributed by atoms with Gasteiger partial charge < -0.3 is 10.5 Å². The number of aromatic nitrogens is 3. The number of ether oxygens (including phenoxy) is 1. The fourth-order valence-electron chi connectivity index (χ4n) is 1.31. The van der Waals surface area contributed by atoms with Crippen LogP contribution in [0.4, 0.5) is 0 Å². The molecule has 0 radical (unpaired) electrons. The van der Waals surface area contributed by atoms with E-state index in [4.69, 9.17) is 10.5 Å². The van der Waals surface area contributed by atoms with E-state index in [9.17, 15) is 4.79 Å². The van der Waals surface area contributed by atoms with Crippen molar-refractivity contribution in [3.05, 3.63) is 42.6 Å². The number of pyridine rings is 1. The molecule has 2 rings (SSSR count). The molecular weight excluding hydrogens is 232 g/mol. The molecule has 18 heavy (non-hydrogen) atoms. The summed E-state index contributed by atoms with van der Waals surface area (Å²) in [7, 11) is 0. The Kier molecular flexibility index (Phi) is 3.47. The van der Waals surface area contributed by atoms with E-state index in [0.717, 1.165) is 0 Å². The minimum absolute atomic E-state index is 0.410. The SMILES string of the molecule is CC(C(N)=O)c1ccc(Oc2ccncn2)cn1. The maximum absolute atomic E-state index is 11.0. The van der Waals surface area contributed by atoms with Gasteiger partial charge in [0.25, 0.3) is 0 Å². The molecule has 0 spiro atoms. The fraction of sp³-hybridized carbons (Fsp3) is 0.167. The van der Waals surface area contributed by atoms with Gasteiger partial charge in [0, 0.05) is 12.3 Å². The molecule has 6 nitrogen and oxygen atoms in total. The average Bonchev–Trinajstić information content (AvgIpc) is 2.40. The highest BCUT2D eigenvalue weighted by Gasteiger charge is 2.12. The van der Waals surface area contributed by atoms with Crippen LogP contribution in [0.3, 0.4) is 0 Å². The molecule has 0 saturated carbocycles. The van der Waals surface area contributed by atoms with Gasteiger partial charge in [-0.1, -0.05) is 0 Å². The third-order valence-corrected chi connectivity index (χ3v) is 2.41. The lowest BCUT2D eigenvalue weighted by atomic mass is 10.1. The van der Waals surface area contributed by atoms with Gasteiger partial charge in [0.05, 0.1) is 17.8 Å². The van der Waals surface area contributed by atoms with E-state index in [-0.39, 0.29) is 0 Å². The molecule has 0 bridgehead atoms. The van der Waals surface area contributed by atoms with Gasteiger partial charge in [0.15, 0.2) is 0 Å². The number of hydrogen-bond acceptors (Lipinski definition) is 5. The summed E-state index contributed by atoms with van der Waals surface area (Å²) >= 11 is 0. The summed E-state index contributed by atoms with van der Waals surface area (Å²) in [6.07, 6.45) is 4.50. The molecule has 0 aliphatic rings. The molecule has 2 aromatic rings. The van der Waals surface area contributed by atoms with Gasteiger partial charge in [-0.05, 0) is 19.1 Å². The topological polar surface area (TPSA) is 91.0 Å². The summed E-state index contributed by atoms with van der Waals surface area (Å²) < 4.78 is 5.44. The van der Waals surface area contributed by atoms with Crippen LogP contribution in [-0.4, -0.2) is 20.9 Å². The van der Waals surface area contributed by atoms with Gasteiger partial charge in [0.1, 0.15) is 12.1 Å². The standard InChI is InChI=1S/C12H12N4O2/c1-8(12(13)17)10-3-2-9(6-15-10)18-11-4-5-14-7-16-11/h2-8H,1H3,(H2,13,17). The first kappa shape index (κ1) is 12.0. The largest absolute Gasteiger partial charge is 0.437 e. The van der Waals surface area contributed by atoms with Crippen molar-refractivity contribution >= 4 is 5.91 Å². The molecule has 2 heterocycles. The Hall–Kier alpha value is -2.50. The van der Waals surface area contributed by atoms with Crippen LogP contribution in [0.15, 0.2) is 36.9 Å². The lowest BCUT2D eigenvalue weighted by molar-refractivity contribution is -0.119. The van der Waals surface area contributed by atoms with Crippen LogP contribution in [-0.2, 0) is 4.79 Å². The summed E-state index contributed by atoms with van der Waals surface area (Å²) in [5.74, 6) is 0.140. The van der Waals surface area contributed by atoms with Crippen molar-refractivity contribution in [3.63, 3.8) is 0 Å². The summed E-state index contributed by atoms with van der Waals surface area (Å²) in [4.78, 5) is 22.8. The summed E-state index contributed by atoms with van der Waals surface area (Å²) in [6, 6.07) is 5.05. The summed E-state index contributed by atoms with van der Waals surface area (Å²) in [6.45, 7) is 1.70. The second kappa shape index (κ2) is 5.22. The molecule has 92 valence electrons. The number of primary amides is 1. The molecule has 0 aliphatic carbocycles. The van der Waals surface area contributed by atoms with Crippen LogP contribution in [0, 0.1) is 0 Å². The number of rotatable bonds is 4. The van der Waals surface area contributed by atoms with Gasteiger partial charge in [-0.2, -0.15) is 0 Å². The van der Waals surface area contributed by atoms with Crippen molar-refractivity contribution in [2.45, 2.75) is 12.8 Å². The Morgan fingerprint density at radius 1 is 1.33 bits per heavy atom. The quantitative estimate of drug-likeness (QED) is 0.874. The van der Waals surface area contributed by atoms with Crippen LogP contribution in [0.5, 0.6) is 11.6 Å². The number of carbonyl (C=O) groups is 1. The molecule has 6 heteroatoms. The minimum Gasteiger partial charge on any atom is -0.437 e. The van der Waals surface area contributed by atoms with Gasteiger partial charge in [0.2, 0.25) is 11.8 Å². The Balaban J connectivity index is 2.11. The molecule has 1 atom stereocenters. The monoisotopic (exact) mass is 244 g/mol. The molecule has 1 amide bonds. The predicted octanol–water partition coefficient (Wildman–Crippen LogP) is 1.25. The van der Waals surface area contributed by atoms with Crippen LogP contribution >= 0.6 is 0 Å². The van der Waals surface area contributed by atoms with Crippen molar-refractivity contribution in [1.82, 2.24) is 15.0 Å². The van der Waals surface area contributed by atoms with Gasteiger partial charge in [-0.15, -0.1) is 0 Å². The number of hydrogen-bond donors (Lipinski definition) is 1. The van der Waals surface area contributed by atoms with Crippen molar-refractivity contribution in [2.75, 3.05) is 0 Å². The van der Waals surface area contributed by atoms with Crippen molar-refractivity contribution < 1.29 is 9.53 Å². The molecule has 1 unspecified atom stereocenters. The predicted molar refractivity (Wildman–Crippen MR) is 64.0 cm³/mol. The third kappa shape index (κ3) is 2.79. The van der Waals surface area contributed by atoms with E-state index in [1.54, 1.807) is 31.3 Å². The van der Waals surface area contributed by atoms with Crippen molar-refractivity contribution in [2.24, 2.45) is 5.73 Å². The normalized spacial score (nSPS) is 11.8. The second-order valence-corrected chi connectivity index (χ2v) is 3.69. The highest BCUT2D eigenvalue weighted by molar-refractivity contribution is 5.80. The van der Waals surface area contributed by atoms with E-state index in [1.807, 2.05) is 0 Å². The summed E-state index contributed by atoms with van der Waals surface area (Å²) in [5.41, 5.74) is 5.81. The van der Waals surface area contributed by atoms with Crippen LogP contribution in [0.2, 0.25) is 0 Å². The number of nitrogens with zero attached hydrogens (tertiary/aromatic N) is 3. The van der Waals surface area contributed by atoms with Crippen molar-refractivity contribution in [1.29, 1.82) is 0 Å². The maximum atomic E-state index is 11.0. The van der Waals surface area contributed by atoms with E-state index in [2.05, 4.69) is 15.0 Å². The Bertz CT molecular complexity index is 528. The zero-order valence-electron chi connectivity index (χ0n) is 9.78. The molecular formula is C12H12N4O2. The smallest absolute Gasteiger partial charge is 0.226 e. The van der Waals surface area contributed by atoms with Crippen LogP contribution in [0.1, 0.15) is 18.5 Å². The number of amides is 1. The molecule has 0 aliphatic heterocycles. The first-order valence-electron chi connectivity index (χ1n) is 5.36. The Morgan fingerprint density at radius 2 is 2.17 bits per heavy atom. The van der Waals surface area contributed by atoms with E-state index in [0.29, 0.717) is 17.3 Å². The zero-order chi connectivity index (χ0) is 13.0. The Labute approximate surface area is 104 Å². The first-order chi connectivity index (χ1) is 8.66. The van der Waals surface area contributed by atoms with Crippen LogP contribution < -0.4 is 10.5 Å². The molecule has 0 aromatic carbocycles. The highest BCUT2D eigenvalue weighted by Crippen LogP contribution is 2.19. The van der Waals surface area contributed by atoms with E-state index in [1.165, 1.54) is 12.5 Å². The minimum atomic E-state index is -0.418. The molecule has 2 aromatic heterocycles. The fourth-order valence-corrected chi connectivity index (χ4v) is 1.31. The highest BCUT2D eigenvalue weighted by atomic mass is 16.5. The van der Waals surface area contributed by atoms with Crippen LogP contribution in [0.25, 0.3) is 0 Å². The first-order valence-corrected chi connectivity index (χ1v) is 5.36. The van der Waals surface area contributed by atoms with Gasteiger partial charge >= 0.3 is 0 Å². The Morgan fingerprint density at radius 3 is 2.72 bits per heavy atom. The third-order valence-electron chi connectivity index (χ3n) is 2.41. The van der Waals surface area contributed by atoms with E-state index >= 15 is 0 Å². The van der Waals surface area contributed by atoms with Gasteiger partial charge in [-0.25, -0.2) is 9.97 Å². The second-order valence-electron chi connectivity index (χ2n) is 3.69. The maximum Gasteiger partial charge on any atom is 0.226 e. The molecule has 2 N–H and O–H groups in total. The van der Waals surface area contributed by atoms with E-state index < -0.39 is 11.8 Å². The molecule has 0 fully saturated rings. The summed E-state index contributed by atoms with van der Waals surface area (Å²) in [5, 5.41) is 0. The average molecular weight is 244 g/mol. The number of carbonyl (C=O) groups excluding carboxylic acids is 1. The number of nitrogens with two attached hydrogens (primary N) is 1. The molecule has 0 saturated heterocycles. The lowest BCUT2D eigenvalue weighted by Crippen LogP contribution is -2.19.